The summed E-state index contributed by atoms with van der Waals surface area (Å²) in [5.74, 6) is 0.774. The number of rotatable bonds is 5. The van der Waals surface area contributed by atoms with Crippen molar-refractivity contribution in [3.63, 3.8) is 0 Å². The Morgan fingerprint density at radius 3 is 2.90 bits per heavy atom. The molecule has 0 saturated carbocycles. The second-order valence-electron chi connectivity index (χ2n) is 4.92. The minimum absolute atomic E-state index is 0.175. The van der Waals surface area contributed by atoms with Gasteiger partial charge in [-0.2, -0.15) is 5.26 Å². The molecule has 2 aromatic rings. The van der Waals surface area contributed by atoms with E-state index in [2.05, 4.69) is 51.2 Å². The summed E-state index contributed by atoms with van der Waals surface area (Å²) >= 11 is 3.48. The molecule has 0 aliphatic rings. The van der Waals surface area contributed by atoms with Crippen LogP contribution in [0.25, 0.3) is 5.69 Å². The van der Waals surface area contributed by atoms with Gasteiger partial charge in [0, 0.05) is 11.0 Å². The highest BCUT2D eigenvalue weighted by atomic mass is 79.9. The van der Waals surface area contributed by atoms with Crippen molar-refractivity contribution in [1.29, 1.82) is 5.26 Å². The van der Waals surface area contributed by atoms with Crippen molar-refractivity contribution in [2.45, 2.75) is 20.4 Å². The van der Waals surface area contributed by atoms with E-state index < -0.39 is 0 Å². The number of nitriles is 1. The van der Waals surface area contributed by atoms with Crippen LogP contribution in [0, 0.1) is 17.2 Å². The molecular weight excluding hydrogens is 318 g/mol. The number of hydrogen-bond acceptors (Lipinski definition) is 4. The minimum atomic E-state index is 0.175. The van der Waals surface area contributed by atoms with Crippen LogP contribution in [0.5, 0.6) is 0 Å². The molecule has 1 aromatic heterocycles. The lowest BCUT2D eigenvalue weighted by Gasteiger charge is -2.12. The summed E-state index contributed by atoms with van der Waals surface area (Å²) in [4.78, 5) is 3.94. The molecule has 0 aliphatic carbocycles. The molecule has 0 amide bonds. The number of nitrogens with one attached hydrogen (secondary N) is 1. The molecule has 5 nitrogen and oxygen atoms in total. The normalized spacial score (nSPS) is 10.8. The fraction of sp³-hybridized carbons (Fsp3) is 0.357. The summed E-state index contributed by atoms with van der Waals surface area (Å²) in [6, 6.07) is 7.91. The molecule has 0 unspecified atom stereocenters. The van der Waals surface area contributed by atoms with Crippen LogP contribution in [0.3, 0.4) is 0 Å². The highest BCUT2D eigenvalue weighted by Gasteiger charge is 2.08. The molecule has 20 heavy (non-hydrogen) atoms. The van der Waals surface area contributed by atoms with Crippen LogP contribution < -0.4 is 5.32 Å². The van der Waals surface area contributed by atoms with Crippen molar-refractivity contribution in [2.24, 2.45) is 5.92 Å². The Balaban J connectivity index is 2.25. The third-order valence-corrected chi connectivity index (χ3v) is 3.24. The van der Waals surface area contributed by atoms with Crippen LogP contribution in [0.4, 0.5) is 0 Å². The molecule has 0 radical (unpaired) electrons. The van der Waals surface area contributed by atoms with Gasteiger partial charge in [-0.3, -0.25) is 0 Å². The Morgan fingerprint density at radius 2 is 2.25 bits per heavy atom. The van der Waals surface area contributed by atoms with Gasteiger partial charge in [-0.15, -0.1) is 5.10 Å². The van der Waals surface area contributed by atoms with E-state index in [9.17, 15) is 0 Å². The Morgan fingerprint density at radius 1 is 1.45 bits per heavy atom. The molecule has 0 saturated heterocycles. The van der Waals surface area contributed by atoms with E-state index in [1.165, 1.54) is 0 Å². The molecule has 0 bridgehead atoms. The van der Waals surface area contributed by atoms with Crippen molar-refractivity contribution in [3.05, 3.63) is 40.4 Å². The third kappa shape index (κ3) is 3.65. The first-order valence-corrected chi connectivity index (χ1v) is 7.20. The highest BCUT2D eigenvalue weighted by molar-refractivity contribution is 9.10. The summed E-state index contributed by atoms with van der Waals surface area (Å²) in [5.41, 5.74) is 2.04. The Bertz CT molecular complexity index is 627. The predicted molar refractivity (Wildman–Crippen MR) is 80.3 cm³/mol. The zero-order valence-electron chi connectivity index (χ0n) is 11.5. The molecule has 1 N–H and O–H groups in total. The summed E-state index contributed by atoms with van der Waals surface area (Å²) in [7, 11) is 0. The summed E-state index contributed by atoms with van der Waals surface area (Å²) < 4.78 is 2.65. The highest BCUT2D eigenvalue weighted by Crippen LogP contribution is 2.19. The summed E-state index contributed by atoms with van der Waals surface area (Å²) in [6.45, 7) is 6.04. The standard InChI is InChI=1S/C14H16BrN5/c1-10(2)7-17-8-11-5-12(15)3-4-13(11)20-9-18-14(6-16)19-20/h3-5,9-10,17H,7-8H2,1-2H3. The van der Waals surface area contributed by atoms with E-state index in [4.69, 9.17) is 5.26 Å². The van der Waals surface area contributed by atoms with Crippen LogP contribution >= 0.6 is 15.9 Å². The monoisotopic (exact) mass is 333 g/mol. The number of hydrogen-bond donors (Lipinski definition) is 1. The van der Waals surface area contributed by atoms with Gasteiger partial charge in [0.2, 0.25) is 0 Å². The van der Waals surface area contributed by atoms with E-state index in [0.717, 1.165) is 28.8 Å². The minimum Gasteiger partial charge on any atom is -0.312 e. The Labute approximate surface area is 126 Å². The molecule has 0 aliphatic heterocycles. The molecule has 1 heterocycles. The maximum Gasteiger partial charge on any atom is 0.252 e. The fourth-order valence-electron chi connectivity index (χ4n) is 1.85. The molecule has 0 atom stereocenters. The summed E-state index contributed by atoms with van der Waals surface area (Å²) in [6.07, 6.45) is 1.56. The zero-order valence-corrected chi connectivity index (χ0v) is 13.1. The van der Waals surface area contributed by atoms with Gasteiger partial charge in [0.05, 0.1) is 5.69 Å². The molecule has 0 fully saturated rings. The van der Waals surface area contributed by atoms with Crippen molar-refractivity contribution >= 4 is 15.9 Å². The predicted octanol–water partition coefficient (Wildman–Crippen LogP) is 2.65. The van der Waals surface area contributed by atoms with Crippen molar-refractivity contribution in [1.82, 2.24) is 20.1 Å². The van der Waals surface area contributed by atoms with Crippen molar-refractivity contribution in [2.75, 3.05) is 6.54 Å². The number of nitrogens with zero attached hydrogens (tertiary/aromatic N) is 4. The molecule has 1 aromatic carbocycles. The maximum atomic E-state index is 8.81. The van der Waals surface area contributed by atoms with Gasteiger partial charge in [-0.1, -0.05) is 29.8 Å². The van der Waals surface area contributed by atoms with E-state index in [1.54, 1.807) is 11.0 Å². The number of halogens is 1. The van der Waals surface area contributed by atoms with Crippen molar-refractivity contribution in [3.8, 4) is 11.8 Å². The first kappa shape index (κ1) is 14.7. The van der Waals surface area contributed by atoms with Gasteiger partial charge in [0.25, 0.3) is 5.82 Å². The third-order valence-electron chi connectivity index (χ3n) is 2.75. The van der Waals surface area contributed by atoms with Crippen LogP contribution in [0.1, 0.15) is 25.2 Å². The average Bonchev–Trinajstić information content (AvgIpc) is 2.87. The van der Waals surface area contributed by atoms with Gasteiger partial charge >= 0.3 is 0 Å². The first-order valence-electron chi connectivity index (χ1n) is 6.41. The van der Waals surface area contributed by atoms with E-state index in [0.29, 0.717) is 5.92 Å². The lowest BCUT2D eigenvalue weighted by atomic mass is 10.1. The summed E-state index contributed by atoms with van der Waals surface area (Å²) in [5, 5.41) is 16.4. The van der Waals surface area contributed by atoms with Crippen LogP contribution in [0.15, 0.2) is 29.0 Å². The molecular formula is C14H16BrN5. The molecule has 2 rings (SSSR count). The van der Waals surface area contributed by atoms with Crippen LogP contribution in [-0.2, 0) is 6.54 Å². The SMILES string of the molecule is CC(C)CNCc1cc(Br)ccc1-n1cnc(C#N)n1. The lowest BCUT2D eigenvalue weighted by Crippen LogP contribution is -2.20. The zero-order chi connectivity index (χ0) is 14.5. The van der Waals surface area contributed by atoms with E-state index >= 15 is 0 Å². The first-order chi connectivity index (χ1) is 9.60. The van der Waals surface area contributed by atoms with Crippen molar-refractivity contribution < 1.29 is 0 Å². The van der Waals surface area contributed by atoms with Gasteiger partial charge in [0.15, 0.2) is 0 Å². The molecule has 104 valence electrons. The van der Waals surface area contributed by atoms with E-state index in [-0.39, 0.29) is 5.82 Å². The average molecular weight is 334 g/mol. The smallest absolute Gasteiger partial charge is 0.252 e. The Kier molecular flexibility index (Phi) is 4.88. The maximum absolute atomic E-state index is 8.81. The molecule has 6 heteroatoms. The van der Waals surface area contributed by atoms with Crippen LogP contribution in [0.2, 0.25) is 0 Å². The fourth-order valence-corrected chi connectivity index (χ4v) is 2.25. The van der Waals surface area contributed by atoms with Gasteiger partial charge in [-0.05, 0) is 36.2 Å². The molecule has 0 spiro atoms. The quantitative estimate of drug-likeness (QED) is 0.913. The number of aromatic nitrogens is 3. The van der Waals surface area contributed by atoms with Crippen LogP contribution in [-0.4, -0.2) is 21.3 Å². The largest absolute Gasteiger partial charge is 0.312 e. The number of benzene rings is 1. The van der Waals surface area contributed by atoms with E-state index in [1.807, 2.05) is 18.2 Å². The lowest BCUT2D eigenvalue weighted by molar-refractivity contribution is 0.551. The van der Waals surface area contributed by atoms with Gasteiger partial charge in [0.1, 0.15) is 12.4 Å². The second-order valence-corrected chi connectivity index (χ2v) is 5.84. The van der Waals surface area contributed by atoms with Gasteiger partial charge < -0.3 is 5.32 Å². The second kappa shape index (κ2) is 6.64. The topological polar surface area (TPSA) is 66.5 Å². The van der Waals surface area contributed by atoms with Gasteiger partial charge in [-0.25, -0.2) is 9.67 Å². The Hall–Kier alpha value is -1.71.